The highest BCUT2D eigenvalue weighted by atomic mass is 16.5. The third-order valence-electron chi connectivity index (χ3n) is 2.16. The van der Waals surface area contributed by atoms with Gasteiger partial charge in [0.2, 0.25) is 0 Å². The Labute approximate surface area is 103 Å². The standard InChI is InChI=1S/C12H21N3O2/c1-3-6-13-11-4-7-14-12(15-11)5-8-17-10-9-16-2/h4,7H,3,5-6,8-10H2,1-2H3,(H,13,14,15). The van der Waals surface area contributed by atoms with E-state index in [9.17, 15) is 0 Å². The minimum atomic E-state index is 0.615. The normalized spacial score (nSPS) is 10.5. The van der Waals surface area contributed by atoms with E-state index in [0.717, 1.165) is 31.0 Å². The molecule has 0 aliphatic heterocycles. The second-order valence-electron chi connectivity index (χ2n) is 3.64. The highest BCUT2D eigenvalue weighted by Crippen LogP contribution is 2.02. The van der Waals surface area contributed by atoms with E-state index >= 15 is 0 Å². The molecule has 1 N–H and O–H groups in total. The van der Waals surface area contributed by atoms with Gasteiger partial charge in [0.05, 0.1) is 19.8 Å². The Morgan fingerprint density at radius 1 is 1.29 bits per heavy atom. The van der Waals surface area contributed by atoms with Crippen LogP contribution in [0.15, 0.2) is 12.3 Å². The van der Waals surface area contributed by atoms with Crippen molar-refractivity contribution < 1.29 is 9.47 Å². The van der Waals surface area contributed by atoms with E-state index in [4.69, 9.17) is 9.47 Å². The van der Waals surface area contributed by atoms with E-state index in [0.29, 0.717) is 19.8 Å². The topological polar surface area (TPSA) is 56.3 Å². The van der Waals surface area contributed by atoms with Gasteiger partial charge in [-0.15, -0.1) is 0 Å². The van der Waals surface area contributed by atoms with Gasteiger partial charge in [0, 0.05) is 26.3 Å². The first kappa shape index (κ1) is 13.9. The van der Waals surface area contributed by atoms with Crippen molar-refractivity contribution in [3.8, 4) is 0 Å². The summed E-state index contributed by atoms with van der Waals surface area (Å²) in [5.74, 6) is 1.69. The molecule has 96 valence electrons. The van der Waals surface area contributed by atoms with Crippen LogP contribution in [0.3, 0.4) is 0 Å². The predicted molar refractivity (Wildman–Crippen MR) is 67.2 cm³/mol. The second-order valence-corrected chi connectivity index (χ2v) is 3.64. The fraction of sp³-hybridized carbons (Fsp3) is 0.667. The summed E-state index contributed by atoms with van der Waals surface area (Å²) in [6.07, 6.45) is 3.58. The Kier molecular flexibility index (Phi) is 7.25. The monoisotopic (exact) mass is 239 g/mol. The zero-order chi connectivity index (χ0) is 12.3. The van der Waals surface area contributed by atoms with Crippen molar-refractivity contribution >= 4 is 5.82 Å². The van der Waals surface area contributed by atoms with Gasteiger partial charge in [-0.3, -0.25) is 0 Å². The van der Waals surface area contributed by atoms with Crippen LogP contribution in [0.5, 0.6) is 0 Å². The van der Waals surface area contributed by atoms with E-state index in [2.05, 4.69) is 22.2 Å². The van der Waals surface area contributed by atoms with Crippen LogP contribution in [-0.4, -0.2) is 43.4 Å². The van der Waals surface area contributed by atoms with Gasteiger partial charge in [0.25, 0.3) is 0 Å². The first-order valence-corrected chi connectivity index (χ1v) is 5.99. The molecule has 1 aromatic rings. The number of ether oxygens (including phenoxy) is 2. The molecule has 0 radical (unpaired) electrons. The van der Waals surface area contributed by atoms with Gasteiger partial charge in [-0.25, -0.2) is 9.97 Å². The minimum absolute atomic E-state index is 0.615. The average Bonchev–Trinajstić information content (AvgIpc) is 2.37. The van der Waals surface area contributed by atoms with Gasteiger partial charge in [-0.2, -0.15) is 0 Å². The third kappa shape index (κ3) is 6.19. The van der Waals surface area contributed by atoms with E-state index in [1.54, 1.807) is 13.3 Å². The van der Waals surface area contributed by atoms with Gasteiger partial charge in [0.1, 0.15) is 11.6 Å². The molecular weight excluding hydrogens is 218 g/mol. The van der Waals surface area contributed by atoms with E-state index in [-0.39, 0.29) is 0 Å². The second kappa shape index (κ2) is 8.90. The van der Waals surface area contributed by atoms with Crippen LogP contribution in [0.25, 0.3) is 0 Å². The summed E-state index contributed by atoms with van der Waals surface area (Å²) in [4.78, 5) is 8.60. The molecule has 0 aliphatic carbocycles. The summed E-state index contributed by atoms with van der Waals surface area (Å²) in [7, 11) is 1.66. The maximum atomic E-state index is 5.37. The number of nitrogens with zero attached hydrogens (tertiary/aromatic N) is 2. The summed E-state index contributed by atoms with van der Waals surface area (Å²) >= 11 is 0. The SMILES string of the molecule is CCCNc1ccnc(CCOCCOC)n1. The fourth-order valence-corrected chi connectivity index (χ4v) is 1.28. The van der Waals surface area contributed by atoms with Crippen LogP contribution in [0.1, 0.15) is 19.2 Å². The molecule has 0 saturated heterocycles. The minimum Gasteiger partial charge on any atom is -0.382 e. The molecule has 0 amide bonds. The van der Waals surface area contributed by atoms with Crippen LogP contribution in [0.4, 0.5) is 5.82 Å². The number of nitrogens with one attached hydrogen (secondary N) is 1. The van der Waals surface area contributed by atoms with Crippen LogP contribution >= 0.6 is 0 Å². The molecule has 0 spiro atoms. The van der Waals surface area contributed by atoms with Gasteiger partial charge in [-0.05, 0) is 12.5 Å². The Balaban J connectivity index is 2.27. The summed E-state index contributed by atoms with van der Waals surface area (Å²) in [5.41, 5.74) is 0. The van der Waals surface area contributed by atoms with Crippen LogP contribution in [0.2, 0.25) is 0 Å². The number of hydrogen-bond donors (Lipinski definition) is 1. The van der Waals surface area contributed by atoms with Gasteiger partial charge >= 0.3 is 0 Å². The number of methoxy groups -OCH3 is 1. The van der Waals surface area contributed by atoms with Crippen molar-refractivity contribution in [2.45, 2.75) is 19.8 Å². The summed E-state index contributed by atoms with van der Waals surface area (Å²) in [5, 5.41) is 3.23. The Morgan fingerprint density at radius 3 is 2.94 bits per heavy atom. The van der Waals surface area contributed by atoms with Crippen molar-refractivity contribution in [1.29, 1.82) is 0 Å². The zero-order valence-corrected chi connectivity index (χ0v) is 10.6. The van der Waals surface area contributed by atoms with Crippen molar-refractivity contribution in [2.24, 2.45) is 0 Å². The van der Waals surface area contributed by atoms with E-state index < -0.39 is 0 Å². The van der Waals surface area contributed by atoms with Crippen molar-refractivity contribution in [2.75, 3.05) is 38.8 Å². The lowest BCUT2D eigenvalue weighted by molar-refractivity contribution is 0.0716. The Bertz CT molecular complexity index is 308. The van der Waals surface area contributed by atoms with Gasteiger partial charge in [0.15, 0.2) is 0 Å². The maximum Gasteiger partial charge on any atom is 0.132 e. The smallest absolute Gasteiger partial charge is 0.132 e. The Hall–Kier alpha value is -1.20. The molecule has 0 aromatic carbocycles. The summed E-state index contributed by atoms with van der Waals surface area (Å²) < 4.78 is 10.3. The molecule has 0 saturated carbocycles. The van der Waals surface area contributed by atoms with Crippen LogP contribution < -0.4 is 5.32 Å². The summed E-state index contributed by atoms with van der Waals surface area (Å²) in [6.45, 7) is 4.92. The van der Waals surface area contributed by atoms with Crippen molar-refractivity contribution in [1.82, 2.24) is 9.97 Å². The molecule has 0 aliphatic rings. The number of aromatic nitrogens is 2. The lowest BCUT2D eigenvalue weighted by Gasteiger charge is -2.06. The summed E-state index contributed by atoms with van der Waals surface area (Å²) in [6, 6.07) is 1.88. The fourth-order valence-electron chi connectivity index (χ4n) is 1.28. The largest absolute Gasteiger partial charge is 0.382 e. The highest BCUT2D eigenvalue weighted by molar-refractivity contribution is 5.32. The molecule has 0 fully saturated rings. The van der Waals surface area contributed by atoms with Gasteiger partial charge < -0.3 is 14.8 Å². The van der Waals surface area contributed by atoms with Crippen molar-refractivity contribution in [3.63, 3.8) is 0 Å². The number of hydrogen-bond acceptors (Lipinski definition) is 5. The molecule has 1 aromatic heterocycles. The molecule has 5 heteroatoms. The molecule has 0 bridgehead atoms. The lowest BCUT2D eigenvalue weighted by atomic mass is 10.4. The van der Waals surface area contributed by atoms with Crippen LogP contribution in [-0.2, 0) is 15.9 Å². The molecular formula is C12H21N3O2. The molecule has 5 nitrogen and oxygen atoms in total. The van der Waals surface area contributed by atoms with Gasteiger partial charge in [-0.1, -0.05) is 6.92 Å². The average molecular weight is 239 g/mol. The molecule has 1 heterocycles. The molecule has 0 unspecified atom stereocenters. The zero-order valence-electron chi connectivity index (χ0n) is 10.6. The maximum absolute atomic E-state index is 5.37. The van der Waals surface area contributed by atoms with Crippen LogP contribution in [0, 0.1) is 0 Å². The quantitative estimate of drug-likeness (QED) is 0.662. The number of anilines is 1. The molecule has 0 atom stereocenters. The number of rotatable bonds is 9. The van der Waals surface area contributed by atoms with E-state index in [1.165, 1.54) is 0 Å². The lowest BCUT2D eigenvalue weighted by Crippen LogP contribution is -2.08. The Morgan fingerprint density at radius 2 is 2.18 bits per heavy atom. The third-order valence-corrected chi connectivity index (χ3v) is 2.16. The predicted octanol–water partition coefficient (Wildman–Crippen LogP) is 1.50. The molecule has 1 rings (SSSR count). The van der Waals surface area contributed by atoms with Crippen molar-refractivity contribution in [3.05, 3.63) is 18.1 Å². The molecule has 17 heavy (non-hydrogen) atoms. The first-order valence-electron chi connectivity index (χ1n) is 5.99. The first-order chi connectivity index (χ1) is 8.36. The van der Waals surface area contributed by atoms with E-state index in [1.807, 2.05) is 6.07 Å². The highest BCUT2D eigenvalue weighted by Gasteiger charge is 1.99.